The SMILES string of the molecule is CCCCCCCCNCCC1CCCN1C. The molecule has 0 spiro atoms. The zero-order chi connectivity index (χ0) is 12.3. The van der Waals surface area contributed by atoms with Gasteiger partial charge in [0.1, 0.15) is 0 Å². The Kier molecular flexibility index (Phi) is 8.72. The van der Waals surface area contributed by atoms with E-state index in [9.17, 15) is 0 Å². The van der Waals surface area contributed by atoms with Crippen molar-refractivity contribution < 1.29 is 0 Å². The van der Waals surface area contributed by atoms with Gasteiger partial charge in [-0.25, -0.2) is 0 Å². The average molecular weight is 240 g/mol. The van der Waals surface area contributed by atoms with E-state index in [2.05, 4.69) is 24.2 Å². The van der Waals surface area contributed by atoms with E-state index < -0.39 is 0 Å². The number of hydrogen-bond donors (Lipinski definition) is 1. The van der Waals surface area contributed by atoms with Gasteiger partial charge < -0.3 is 10.2 Å². The van der Waals surface area contributed by atoms with Gasteiger partial charge in [-0.15, -0.1) is 0 Å². The molecule has 2 nitrogen and oxygen atoms in total. The Morgan fingerprint density at radius 3 is 2.53 bits per heavy atom. The highest BCUT2D eigenvalue weighted by Crippen LogP contribution is 2.16. The van der Waals surface area contributed by atoms with Crippen LogP contribution in [0.3, 0.4) is 0 Å². The highest BCUT2D eigenvalue weighted by molar-refractivity contribution is 4.76. The van der Waals surface area contributed by atoms with Crippen LogP contribution in [-0.4, -0.2) is 37.6 Å². The molecule has 1 rings (SSSR count). The maximum Gasteiger partial charge on any atom is 0.0105 e. The van der Waals surface area contributed by atoms with Gasteiger partial charge in [0.05, 0.1) is 0 Å². The minimum atomic E-state index is 0.854. The summed E-state index contributed by atoms with van der Waals surface area (Å²) in [5.41, 5.74) is 0. The van der Waals surface area contributed by atoms with Gasteiger partial charge in [-0.05, 0) is 52.4 Å². The summed E-state index contributed by atoms with van der Waals surface area (Å²) < 4.78 is 0. The van der Waals surface area contributed by atoms with Crippen molar-refractivity contribution in [3.63, 3.8) is 0 Å². The van der Waals surface area contributed by atoms with Crippen LogP contribution in [0.4, 0.5) is 0 Å². The van der Waals surface area contributed by atoms with E-state index >= 15 is 0 Å². The summed E-state index contributed by atoms with van der Waals surface area (Å²) in [4.78, 5) is 2.52. The summed E-state index contributed by atoms with van der Waals surface area (Å²) in [6, 6.07) is 0.854. The number of rotatable bonds is 10. The highest BCUT2D eigenvalue weighted by Gasteiger charge is 2.19. The molecule has 1 aliphatic heterocycles. The Hall–Kier alpha value is -0.0800. The predicted molar refractivity (Wildman–Crippen MR) is 76.5 cm³/mol. The molecule has 0 radical (unpaired) electrons. The summed E-state index contributed by atoms with van der Waals surface area (Å²) >= 11 is 0. The van der Waals surface area contributed by atoms with Crippen molar-refractivity contribution in [2.75, 3.05) is 26.7 Å². The van der Waals surface area contributed by atoms with Crippen LogP contribution in [0.2, 0.25) is 0 Å². The number of nitrogens with one attached hydrogen (secondary N) is 1. The fourth-order valence-corrected chi connectivity index (χ4v) is 2.77. The first-order valence-corrected chi connectivity index (χ1v) is 7.75. The van der Waals surface area contributed by atoms with E-state index in [1.165, 1.54) is 77.4 Å². The lowest BCUT2D eigenvalue weighted by Crippen LogP contribution is -2.29. The first kappa shape index (κ1) is 15.0. The third-order valence-electron chi connectivity index (χ3n) is 4.03. The van der Waals surface area contributed by atoms with Gasteiger partial charge >= 0.3 is 0 Å². The first-order chi connectivity index (χ1) is 8.34. The van der Waals surface area contributed by atoms with Gasteiger partial charge in [-0.3, -0.25) is 0 Å². The van der Waals surface area contributed by atoms with E-state index in [0.29, 0.717) is 0 Å². The van der Waals surface area contributed by atoms with E-state index in [1.54, 1.807) is 0 Å². The summed E-state index contributed by atoms with van der Waals surface area (Å²) in [7, 11) is 2.27. The van der Waals surface area contributed by atoms with Crippen molar-refractivity contribution in [1.82, 2.24) is 10.2 Å². The number of nitrogens with zero attached hydrogens (tertiary/aromatic N) is 1. The van der Waals surface area contributed by atoms with Gasteiger partial charge in [-0.1, -0.05) is 39.0 Å². The standard InChI is InChI=1S/C15H32N2/c1-3-4-5-6-7-8-12-16-13-11-15-10-9-14-17(15)2/h15-16H,3-14H2,1-2H3. The molecular formula is C15H32N2. The highest BCUT2D eigenvalue weighted by atomic mass is 15.1. The minimum Gasteiger partial charge on any atom is -0.317 e. The average Bonchev–Trinajstić information content (AvgIpc) is 2.73. The van der Waals surface area contributed by atoms with Gasteiger partial charge in [0.2, 0.25) is 0 Å². The largest absolute Gasteiger partial charge is 0.317 e. The molecule has 0 aromatic carbocycles. The van der Waals surface area contributed by atoms with Gasteiger partial charge in [-0.2, -0.15) is 0 Å². The van der Waals surface area contributed by atoms with Crippen LogP contribution in [-0.2, 0) is 0 Å². The molecule has 0 aromatic heterocycles. The van der Waals surface area contributed by atoms with Gasteiger partial charge in [0, 0.05) is 6.04 Å². The van der Waals surface area contributed by atoms with Crippen LogP contribution in [0.15, 0.2) is 0 Å². The van der Waals surface area contributed by atoms with Crippen LogP contribution in [0.5, 0.6) is 0 Å². The van der Waals surface area contributed by atoms with Gasteiger partial charge in [0.25, 0.3) is 0 Å². The molecular weight excluding hydrogens is 208 g/mol. The third kappa shape index (κ3) is 7.05. The maximum absolute atomic E-state index is 3.60. The quantitative estimate of drug-likeness (QED) is 0.589. The molecule has 0 aliphatic carbocycles. The molecule has 1 heterocycles. The fourth-order valence-electron chi connectivity index (χ4n) is 2.77. The Morgan fingerprint density at radius 1 is 1.06 bits per heavy atom. The lowest BCUT2D eigenvalue weighted by atomic mass is 10.1. The molecule has 0 aromatic rings. The Bertz CT molecular complexity index is 170. The lowest BCUT2D eigenvalue weighted by Gasteiger charge is -2.19. The molecule has 0 bridgehead atoms. The molecule has 102 valence electrons. The van der Waals surface area contributed by atoms with Crippen LogP contribution in [0.1, 0.15) is 64.7 Å². The van der Waals surface area contributed by atoms with Crippen molar-refractivity contribution in [3.05, 3.63) is 0 Å². The van der Waals surface area contributed by atoms with E-state index in [1.807, 2.05) is 0 Å². The van der Waals surface area contributed by atoms with Gasteiger partial charge in [0.15, 0.2) is 0 Å². The van der Waals surface area contributed by atoms with Crippen molar-refractivity contribution in [3.8, 4) is 0 Å². The Morgan fingerprint density at radius 2 is 1.82 bits per heavy atom. The van der Waals surface area contributed by atoms with Crippen molar-refractivity contribution in [1.29, 1.82) is 0 Å². The number of unbranched alkanes of at least 4 members (excludes halogenated alkanes) is 5. The van der Waals surface area contributed by atoms with Crippen LogP contribution in [0.25, 0.3) is 0 Å². The second-order valence-corrected chi connectivity index (χ2v) is 5.58. The summed E-state index contributed by atoms with van der Waals surface area (Å²) in [6.07, 6.45) is 12.6. The summed E-state index contributed by atoms with van der Waals surface area (Å²) in [6.45, 7) is 6.02. The Labute approximate surface area is 108 Å². The van der Waals surface area contributed by atoms with Crippen LogP contribution >= 0.6 is 0 Å². The molecule has 17 heavy (non-hydrogen) atoms. The minimum absolute atomic E-state index is 0.854. The summed E-state index contributed by atoms with van der Waals surface area (Å²) in [5, 5.41) is 3.60. The van der Waals surface area contributed by atoms with E-state index in [4.69, 9.17) is 0 Å². The fraction of sp³-hybridized carbons (Fsp3) is 1.00. The molecule has 0 amide bonds. The lowest BCUT2D eigenvalue weighted by molar-refractivity contribution is 0.293. The topological polar surface area (TPSA) is 15.3 Å². The van der Waals surface area contributed by atoms with E-state index in [0.717, 1.165) is 6.04 Å². The third-order valence-corrected chi connectivity index (χ3v) is 4.03. The number of hydrogen-bond acceptors (Lipinski definition) is 2. The molecule has 1 saturated heterocycles. The molecule has 2 heteroatoms. The van der Waals surface area contributed by atoms with Crippen LogP contribution in [0, 0.1) is 0 Å². The Balaban J connectivity index is 1.78. The second kappa shape index (κ2) is 9.90. The smallest absolute Gasteiger partial charge is 0.0105 e. The zero-order valence-corrected chi connectivity index (χ0v) is 12.0. The predicted octanol–water partition coefficient (Wildman–Crippen LogP) is 3.42. The first-order valence-electron chi connectivity index (χ1n) is 7.75. The molecule has 1 unspecified atom stereocenters. The molecule has 1 fully saturated rings. The normalized spacial score (nSPS) is 21.2. The molecule has 0 saturated carbocycles. The molecule has 1 aliphatic rings. The zero-order valence-electron chi connectivity index (χ0n) is 12.0. The van der Waals surface area contributed by atoms with Crippen molar-refractivity contribution in [2.45, 2.75) is 70.8 Å². The van der Waals surface area contributed by atoms with E-state index in [-0.39, 0.29) is 0 Å². The van der Waals surface area contributed by atoms with Crippen molar-refractivity contribution >= 4 is 0 Å². The molecule has 1 N–H and O–H groups in total. The second-order valence-electron chi connectivity index (χ2n) is 5.58. The van der Waals surface area contributed by atoms with Crippen molar-refractivity contribution in [2.24, 2.45) is 0 Å². The van der Waals surface area contributed by atoms with Crippen LogP contribution < -0.4 is 5.32 Å². The monoisotopic (exact) mass is 240 g/mol. The summed E-state index contributed by atoms with van der Waals surface area (Å²) in [5.74, 6) is 0. The molecule has 1 atom stereocenters. The number of likely N-dealkylation sites (tertiary alicyclic amines) is 1. The maximum atomic E-state index is 3.60.